The van der Waals surface area contributed by atoms with Crippen LogP contribution in [0.3, 0.4) is 0 Å². The Morgan fingerprint density at radius 3 is 2.56 bits per heavy atom. The zero-order valence-electron chi connectivity index (χ0n) is 18.6. The van der Waals surface area contributed by atoms with Gasteiger partial charge in [-0.15, -0.1) is 0 Å². The van der Waals surface area contributed by atoms with Crippen LogP contribution in [0.1, 0.15) is 11.1 Å². The predicted molar refractivity (Wildman–Crippen MR) is 125 cm³/mol. The number of hydrogen-bond donors (Lipinski definition) is 2. The molecule has 2 heterocycles. The Kier molecular flexibility index (Phi) is 6.84. The van der Waals surface area contributed by atoms with E-state index in [1.165, 1.54) is 6.08 Å². The van der Waals surface area contributed by atoms with Crippen molar-refractivity contribution in [1.29, 1.82) is 0 Å². The summed E-state index contributed by atoms with van der Waals surface area (Å²) in [7, 11) is 1.56. The first-order valence-electron chi connectivity index (χ1n) is 10.7. The van der Waals surface area contributed by atoms with Crippen LogP contribution < -0.4 is 10.6 Å². The minimum Gasteiger partial charge on any atom is -0.383 e. The third-order valence-electron chi connectivity index (χ3n) is 5.43. The van der Waals surface area contributed by atoms with E-state index in [4.69, 9.17) is 4.74 Å². The molecule has 1 aliphatic rings. The maximum absolute atomic E-state index is 13.1. The molecule has 2 aromatic carbocycles. The number of hydrogen-bond acceptors (Lipinski definition) is 5. The van der Waals surface area contributed by atoms with Crippen molar-refractivity contribution >= 4 is 40.7 Å². The molecule has 1 saturated heterocycles. The monoisotopic (exact) mass is 460 g/mol. The first-order valence-corrected chi connectivity index (χ1v) is 10.7. The van der Waals surface area contributed by atoms with E-state index in [1.54, 1.807) is 30.0 Å². The minimum absolute atomic E-state index is 0.0412. The average Bonchev–Trinajstić information content (AvgIpc) is 3.17. The van der Waals surface area contributed by atoms with Gasteiger partial charge in [-0.3, -0.25) is 24.6 Å². The molecule has 0 bridgehead atoms. The van der Waals surface area contributed by atoms with E-state index >= 15 is 0 Å². The van der Waals surface area contributed by atoms with Gasteiger partial charge < -0.3 is 14.6 Å². The number of carbonyl (C=O) groups is 4. The molecule has 0 saturated carbocycles. The average molecular weight is 460 g/mol. The van der Waals surface area contributed by atoms with Crippen molar-refractivity contribution in [3.8, 4) is 0 Å². The molecule has 174 valence electrons. The Balaban J connectivity index is 1.64. The number of benzene rings is 2. The number of carbonyl (C=O) groups excluding carboxylic acids is 4. The van der Waals surface area contributed by atoms with Crippen molar-refractivity contribution in [2.45, 2.75) is 13.1 Å². The quantitative estimate of drug-likeness (QED) is 0.304. The van der Waals surface area contributed by atoms with Gasteiger partial charge in [0.05, 0.1) is 13.2 Å². The molecule has 9 nitrogen and oxygen atoms in total. The number of imide groups is 2. The highest BCUT2D eigenvalue weighted by atomic mass is 16.5. The third kappa shape index (κ3) is 4.89. The number of fused-ring (bicyclic) bond motifs is 1. The molecule has 9 heteroatoms. The first kappa shape index (κ1) is 22.9. The van der Waals surface area contributed by atoms with Gasteiger partial charge in [-0.05, 0) is 17.7 Å². The molecule has 1 fully saturated rings. The molecular formula is C25H24N4O5. The summed E-state index contributed by atoms with van der Waals surface area (Å²) >= 11 is 0. The van der Waals surface area contributed by atoms with Crippen LogP contribution in [-0.4, -0.2) is 53.5 Å². The van der Waals surface area contributed by atoms with E-state index in [-0.39, 0.29) is 24.6 Å². The summed E-state index contributed by atoms with van der Waals surface area (Å²) in [6.45, 7) is 0.905. The smallest absolute Gasteiger partial charge is 0.331 e. The van der Waals surface area contributed by atoms with Gasteiger partial charge in [0, 0.05) is 36.3 Å². The van der Waals surface area contributed by atoms with Gasteiger partial charge in [-0.25, -0.2) is 4.79 Å². The lowest BCUT2D eigenvalue weighted by molar-refractivity contribution is -0.130. The second kappa shape index (κ2) is 10.1. The number of ether oxygens (including phenoxy) is 1. The summed E-state index contributed by atoms with van der Waals surface area (Å²) < 4.78 is 6.70. The molecule has 0 atom stereocenters. The number of amides is 5. The standard InChI is InChI=1S/C25H24N4O5/c1-34-12-11-26-22(30)16-28-15-18(19-9-5-6-10-21(19)28)13-20-23(31)27-25(33)29(24(20)32)14-17-7-3-2-4-8-17/h2-10,13,15H,11-12,14,16H2,1H3,(H,26,30)(H,27,31,33)/b20-13+. The molecule has 0 radical (unpaired) electrons. The fourth-order valence-corrected chi connectivity index (χ4v) is 3.78. The van der Waals surface area contributed by atoms with Crippen LogP contribution in [0.2, 0.25) is 0 Å². The Hall–Kier alpha value is -4.24. The van der Waals surface area contributed by atoms with Gasteiger partial charge in [-0.1, -0.05) is 48.5 Å². The molecule has 1 aliphatic heterocycles. The molecular weight excluding hydrogens is 436 g/mol. The number of aromatic nitrogens is 1. The Morgan fingerprint density at radius 1 is 1.06 bits per heavy atom. The predicted octanol–water partition coefficient (Wildman–Crippen LogP) is 2.07. The summed E-state index contributed by atoms with van der Waals surface area (Å²) in [6.07, 6.45) is 3.18. The molecule has 3 aromatic rings. The number of methoxy groups -OCH3 is 1. The van der Waals surface area contributed by atoms with Gasteiger partial charge in [0.1, 0.15) is 12.1 Å². The maximum Gasteiger partial charge on any atom is 0.331 e. The number of barbiturate groups is 1. The Morgan fingerprint density at radius 2 is 1.79 bits per heavy atom. The Labute approximate surface area is 196 Å². The van der Waals surface area contributed by atoms with Crippen LogP contribution in [-0.2, 0) is 32.2 Å². The highest BCUT2D eigenvalue weighted by Crippen LogP contribution is 2.25. The number of urea groups is 1. The number of para-hydroxylation sites is 1. The van der Waals surface area contributed by atoms with E-state index in [0.29, 0.717) is 18.7 Å². The van der Waals surface area contributed by atoms with Crippen molar-refractivity contribution in [3.63, 3.8) is 0 Å². The van der Waals surface area contributed by atoms with Crippen LogP contribution >= 0.6 is 0 Å². The summed E-state index contributed by atoms with van der Waals surface area (Å²) in [6, 6.07) is 15.7. The van der Waals surface area contributed by atoms with Gasteiger partial charge in [0.2, 0.25) is 5.91 Å². The van der Waals surface area contributed by atoms with Crippen molar-refractivity contribution in [2.24, 2.45) is 0 Å². The van der Waals surface area contributed by atoms with Crippen molar-refractivity contribution < 1.29 is 23.9 Å². The fraction of sp³-hybridized carbons (Fsp3) is 0.200. The lowest BCUT2D eigenvalue weighted by Crippen LogP contribution is -2.53. The van der Waals surface area contributed by atoms with Crippen LogP contribution in [0.4, 0.5) is 4.79 Å². The molecule has 4 rings (SSSR count). The minimum atomic E-state index is -0.758. The lowest BCUT2D eigenvalue weighted by atomic mass is 10.1. The van der Waals surface area contributed by atoms with Crippen molar-refractivity contribution in [2.75, 3.05) is 20.3 Å². The number of nitrogens with zero attached hydrogens (tertiary/aromatic N) is 2. The first-order chi connectivity index (χ1) is 16.5. The van der Waals surface area contributed by atoms with Crippen LogP contribution in [0, 0.1) is 0 Å². The molecule has 0 aliphatic carbocycles. The molecule has 0 spiro atoms. The molecule has 1 aromatic heterocycles. The van der Waals surface area contributed by atoms with Gasteiger partial charge in [-0.2, -0.15) is 0 Å². The molecule has 2 N–H and O–H groups in total. The summed E-state index contributed by atoms with van der Waals surface area (Å²) in [5, 5.41) is 5.79. The molecule has 5 amide bonds. The summed E-state index contributed by atoms with van der Waals surface area (Å²) in [4.78, 5) is 51.3. The van der Waals surface area contributed by atoms with E-state index in [1.807, 2.05) is 42.5 Å². The normalized spacial score (nSPS) is 15.1. The fourth-order valence-electron chi connectivity index (χ4n) is 3.78. The summed E-state index contributed by atoms with van der Waals surface area (Å²) in [5.74, 6) is -1.62. The van der Waals surface area contributed by atoms with E-state index < -0.39 is 17.8 Å². The van der Waals surface area contributed by atoms with E-state index in [0.717, 1.165) is 21.4 Å². The van der Waals surface area contributed by atoms with Gasteiger partial charge in [0.15, 0.2) is 0 Å². The topological polar surface area (TPSA) is 110 Å². The Bertz CT molecular complexity index is 1280. The summed E-state index contributed by atoms with van der Waals surface area (Å²) in [5.41, 5.74) is 1.98. The van der Waals surface area contributed by atoms with Crippen LogP contribution in [0.25, 0.3) is 17.0 Å². The lowest BCUT2D eigenvalue weighted by Gasteiger charge is -2.26. The number of rotatable bonds is 8. The third-order valence-corrected chi connectivity index (χ3v) is 5.43. The SMILES string of the molecule is COCCNC(=O)Cn1cc(/C=C2\C(=O)NC(=O)N(Cc3ccccc3)C2=O)c2ccccc21. The highest BCUT2D eigenvalue weighted by Gasteiger charge is 2.35. The largest absolute Gasteiger partial charge is 0.383 e. The van der Waals surface area contributed by atoms with Gasteiger partial charge in [0.25, 0.3) is 11.8 Å². The number of nitrogens with one attached hydrogen (secondary N) is 2. The van der Waals surface area contributed by atoms with Crippen molar-refractivity contribution in [1.82, 2.24) is 20.1 Å². The highest BCUT2D eigenvalue weighted by molar-refractivity contribution is 6.31. The van der Waals surface area contributed by atoms with E-state index in [2.05, 4.69) is 10.6 Å². The zero-order valence-corrected chi connectivity index (χ0v) is 18.6. The second-order valence-corrected chi connectivity index (χ2v) is 7.77. The zero-order chi connectivity index (χ0) is 24.1. The van der Waals surface area contributed by atoms with Crippen LogP contribution in [0.15, 0.2) is 66.4 Å². The van der Waals surface area contributed by atoms with E-state index in [9.17, 15) is 19.2 Å². The second-order valence-electron chi connectivity index (χ2n) is 7.77. The maximum atomic E-state index is 13.1. The van der Waals surface area contributed by atoms with Crippen molar-refractivity contribution in [3.05, 3.63) is 77.5 Å². The molecule has 34 heavy (non-hydrogen) atoms. The molecule has 0 unspecified atom stereocenters. The van der Waals surface area contributed by atoms with Crippen LogP contribution in [0.5, 0.6) is 0 Å². The van der Waals surface area contributed by atoms with Gasteiger partial charge >= 0.3 is 6.03 Å².